The zero-order chi connectivity index (χ0) is 16.7. The normalized spacial score (nSPS) is 22.2. The largest absolute Gasteiger partial charge is 0.469 e. The number of piperazine rings is 1. The molecule has 1 fully saturated rings. The van der Waals surface area contributed by atoms with Gasteiger partial charge in [-0.1, -0.05) is 30.3 Å². The second-order valence-corrected chi connectivity index (χ2v) is 5.93. The summed E-state index contributed by atoms with van der Waals surface area (Å²) in [7, 11) is 2.71. The lowest BCUT2D eigenvalue weighted by Crippen LogP contribution is -3.29. The smallest absolute Gasteiger partial charge is 0.365 e. The highest BCUT2D eigenvalue weighted by molar-refractivity contribution is 5.81. The van der Waals surface area contributed by atoms with Crippen LogP contribution in [0.3, 0.4) is 0 Å². The van der Waals surface area contributed by atoms with Crippen LogP contribution in [0.15, 0.2) is 30.3 Å². The Balaban J connectivity index is 1.90. The number of rotatable bonds is 6. The van der Waals surface area contributed by atoms with Crippen molar-refractivity contribution in [2.75, 3.05) is 40.4 Å². The lowest BCUT2D eigenvalue weighted by atomic mass is 10.1. The number of carbonyl (C=O) groups is 2. The van der Waals surface area contributed by atoms with Gasteiger partial charge in [-0.2, -0.15) is 0 Å². The molecule has 0 aliphatic carbocycles. The molecule has 0 unspecified atom stereocenters. The van der Waals surface area contributed by atoms with Crippen LogP contribution in [0.2, 0.25) is 0 Å². The van der Waals surface area contributed by atoms with Crippen LogP contribution in [-0.2, 0) is 25.6 Å². The van der Waals surface area contributed by atoms with E-state index >= 15 is 0 Å². The maximum absolute atomic E-state index is 12.0. The second-order valence-electron chi connectivity index (χ2n) is 5.93. The average Bonchev–Trinajstić information content (AvgIpc) is 2.60. The van der Waals surface area contributed by atoms with E-state index in [9.17, 15) is 9.59 Å². The fraction of sp³-hybridized carbons (Fsp3) is 0.529. The van der Waals surface area contributed by atoms with E-state index in [1.807, 2.05) is 6.07 Å². The zero-order valence-corrected chi connectivity index (χ0v) is 13.8. The van der Waals surface area contributed by atoms with Crippen molar-refractivity contribution < 1.29 is 28.9 Å². The monoisotopic (exact) mass is 322 g/mol. The van der Waals surface area contributed by atoms with Gasteiger partial charge in [0, 0.05) is 5.56 Å². The van der Waals surface area contributed by atoms with Gasteiger partial charge in [0.05, 0.1) is 14.2 Å². The van der Waals surface area contributed by atoms with Crippen molar-refractivity contribution in [1.82, 2.24) is 0 Å². The van der Waals surface area contributed by atoms with Crippen LogP contribution in [0.4, 0.5) is 0 Å². The van der Waals surface area contributed by atoms with Gasteiger partial charge in [-0.25, -0.2) is 4.79 Å². The summed E-state index contributed by atoms with van der Waals surface area (Å²) in [6.07, 6.45) is 0.0759. The third-order valence-corrected chi connectivity index (χ3v) is 4.47. The Morgan fingerprint density at radius 2 is 1.70 bits per heavy atom. The molecule has 6 nitrogen and oxygen atoms in total. The number of esters is 2. The summed E-state index contributed by atoms with van der Waals surface area (Å²) >= 11 is 0. The van der Waals surface area contributed by atoms with Crippen molar-refractivity contribution >= 4 is 11.9 Å². The molecule has 0 saturated carbocycles. The van der Waals surface area contributed by atoms with Crippen molar-refractivity contribution in [1.29, 1.82) is 0 Å². The number of nitrogens with one attached hydrogen (secondary N) is 2. The summed E-state index contributed by atoms with van der Waals surface area (Å²) in [5.74, 6) is -0.705. The van der Waals surface area contributed by atoms with Gasteiger partial charge < -0.3 is 19.3 Å². The third-order valence-electron chi connectivity index (χ3n) is 4.47. The molecule has 1 aliphatic heterocycles. The van der Waals surface area contributed by atoms with Crippen molar-refractivity contribution in [3.05, 3.63) is 35.9 Å². The zero-order valence-electron chi connectivity index (χ0n) is 13.8. The molecule has 23 heavy (non-hydrogen) atoms. The quantitative estimate of drug-likeness (QED) is 0.599. The van der Waals surface area contributed by atoms with E-state index in [0.717, 1.165) is 37.6 Å². The number of benzene rings is 1. The predicted molar refractivity (Wildman–Crippen MR) is 84.0 cm³/mol. The molecule has 1 heterocycles. The highest BCUT2D eigenvalue weighted by Gasteiger charge is 2.36. The van der Waals surface area contributed by atoms with E-state index in [1.165, 1.54) is 24.7 Å². The van der Waals surface area contributed by atoms with Gasteiger partial charge in [0.1, 0.15) is 39.1 Å². The van der Waals surface area contributed by atoms with Gasteiger partial charge in [0.25, 0.3) is 0 Å². The average molecular weight is 322 g/mol. The number of carbonyl (C=O) groups excluding carboxylic acids is 2. The molecular formula is C17H26N2O4+2. The highest BCUT2D eigenvalue weighted by Crippen LogP contribution is 1.96. The molecule has 0 amide bonds. The Morgan fingerprint density at radius 3 is 2.26 bits per heavy atom. The molecule has 0 radical (unpaired) electrons. The van der Waals surface area contributed by atoms with Crippen molar-refractivity contribution in [2.24, 2.45) is 0 Å². The van der Waals surface area contributed by atoms with E-state index in [-0.39, 0.29) is 18.4 Å². The van der Waals surface area contributed by atoms with Crippen LogP contribution in [0.1, 0.15) is 12.0 Å². The van der Waals surface area contributed by atoms with Crippen molar-refractivity contribution in [3.8, 4) is 0 Å². The van der Waals surface area contributed by atoms with Crippen LogP contribution in [0, 0.1) is 0 Å². The molecule has 6 heteroatoms. The summed E-state index contributed by atoms with van der Waals surface area (Å²) in [5, 5.41) is 0. The molecule has 1 atom stereocenters. The van der Waals surface area contributed by atoms with Gasteiger partial charge >= 0.3 is 11.9 Å². The Hall–Kier alpha value is -1.92. The van der Waals surface area contributed by atoms with Crippen molar-refractivity contribution in [2.45, 2.75) is 19.0 Å². The SMILES string of the molecule is COC(=O)C[C@@H](C(=O)OC)[NH+]1CC[NH+](Cc2ccccc2)CC1. The van der Waals surface area contributed by atoms with Gasteiger partial charge in [-0.15, -0.1) is 0 Å². The minimum Gasteiger partial charge on any atom is -0.469 e. The molecule has 0 spiro atoms. The number of hydrogen-bond donors (Lipinski definition) is 2. The Labute approximate surface area is 137 Å². The molecule has 2 rings (SSSR count). The first-order valence-electron chi connectivity index (χ1n) is 8.00. The fourth-order valence-electron chi connectivity index (χ4n) is 3.12. The maximum atomic E-state index is 12.0. The molecule has 1 aromatic carbocycles. The molecule has 1 aromatic rings. The number of methoxy groups -OCH3 is 2. The summed E-state index contributed by atoms with van der Waals surface area (Å²) in [5.41, 5.74) is 1.32. The topological polar surface area (TPSA) is 61.5 Å². The molecular weight excluding hydrogens is 296 g/mol. The van der Waals surface area contributed by atoms with Gasteiger partial charge in [-0.3, -0.25) is 4.79 Å². The predicted octanol–water partition coefficient (Wildman–Crippen LogP) is -1.93. The van der Waals surface area contributed by atoms with Crippen LogP contribution in [0.5, 0.6) is 0 Å². The first-order chi connectivity index (χ1) is 11.1. The van der Waals surface area contributed by atoms with Gasteiger partial charge in [-0.05, 0) is 0 Å². The van der Waals surface area contributed by atoms with Crippen LogP contribution in [-0.4, -0.2) is 58.4 Å². The molecule has 1 aliphatic rings. The molecule has 0 aromatic heterocycles. The standard InChI is InChI=1S/C17H24N2O4/c1-22-16(20)12-15(17(21)23-2)19-10-8-18(9-11-19)13-14-6-4-3-5-7-14/h3-7,15H,8-13H2,1-2H3/p+2/t15-/m0/s1. The van der Waals surface area contributed by atoms with Crippen LogP contribution < -0.4 is 9.80 Å². The molecule has 126 valence electrons. The maximum Gasteiger partial charge on any atom is 0.365 e. The van der Waals surface area contributed by atoms with E-state index in [4.69, 9.17) is 9.47 Å². The van der Waals surface area contributed by atoms with Crippen molar-refractivity contribution in [3.63, 3.8) is 0 Å². The number of hydrogen-bond acceptors (Lipinski definition) is 4. The fourth-order valence-corrected chi connectivity index (χ4v) is 3.12. The molecule has 2 N–H and O–H groups in total. The summed E-state index contributed by atoms with van der Waals surface area (Å²) < 4.78 is 9.56. The molecule has 0 bridgehead atoms. The summed E-state index contributed by atoms with van der Waals surface area (Å²) in [4.78, 5) is 26.1. The van der Waals surface area contributed by atoms with Crippen LogP contribution in [0.25, 0.3) is 0 Å². The minimum absolute atomic E-state index is 0.0759. The van der Waals surface area contributed by atoms with E-state index in [2.05, 4.69) is 24.3 Å². The first kappa shape index (κ1) is 17.4. The third kappa shape index (κ3) is 5.04. The Kier molecular flexibility index (Phi) is 6.55. The van der Waals surface area contributed by atoms with Gasteiger partial charge in [0.15, 0.2) is 6.04 Å². The Morgan fingerprint density at radius 1 is 1.04 bits per heavy atom. The number of ether oxygens (including phenoxy) is 2. The first-order valence-corrected chi connectivity index (χ1v) is 8.00. The molecule has 1 saturated heterocycles. The van der Waals surface area contributed by atoms with E-state index in [0.29, 0.717) is 0 Å². The summed E-state index contributed by atoms with van der Waals surface area (Å²) in [6, 6.07) is 9.95. The van der Waals surface area contributed by atoms with Gasteiger partial charge in [0.2, 0.25) is 0 Å². The number of quaternary nitrogens is 2. The van der Waals surface area contributed by atoms with E-state index in [1.54, 1.807) is 0 Å². The second kappa shape index (κ2) is 8.64. The highest BCUT2D eigenvalue weighted by atomic mass is 16.5. The van der Waals surface area contributed by atoms with Crippen LogP contribution >= 0.6 is 0 Å². The lowest BCUT2D eigenvalue weighted by Gasteiger charge is -2.33. The van der Waals surface area contributed by atoms with E-state index < -0.39 is 6.04 Å². The summed E-state index contributed by atoms with van der Waals surface area (Å²) in [6.45, 7) is 4.63. The lowest BCUT2D eigenvalue weighted by molar-refractivity contribution is -1.03. The Bertz CT molecular complexity index is 513. The minimum atomic E-state index is -0.467.